The SMILES string of the molecule is COc1ccc2c(c1)C(O)CC(c1sccc1Br)O2. The van der Waals surface area contributed by atoms with Crippen LogP contribution in [0, 0.1) is 0 Å². The van der Waals surface area contributed by atoms with Gasteiger partial charge in [-0.3, -0.25) is 0 Å². The van der Waals surface area contributed by atoms with Crippen LogP contribution in [0.3, 0.4) is 0 Å². The van der Waals surface area contributed by atoms with Crippen molar-refractivity contribution < 1.29 is 14.6 Å². The van der Waals surface area contributed by atoms with Crippen LogP contribution in [0.25, 0.3) is 0 Å². The van der Waals surface area contributed by atoms with Crippen LogP contribution in [0.1, 0.15) is 29.1 Å². The molecule has 0 saturated heterocycles. The highest BCUT2D eigenvalue weighted by Gasteiger charge is 2.30. The fourth-order valence-corrected chi connectivity index (χ4v) is 3.92. The van der Waals surface area contributed by atoms with Gasteiger partial charge in [0.1, 0.15) is 17.6 Å². The van der Waals surface area contributed by atoms with Crippen molar-refractivity contribution >= 4 is 27.3 Å². The summed E-state index contributed by atoms with van der Waals surface area (Å²) in [5.74, 6) is 1.46. The number of methoxy groups -OCH3 is 1. The standard InChI is InChI=1S/C14H13BrO3S/c1-17-8-2-3-12-9(6-8)11(16)7-13(18-12)14-10(15)4-5-19-14/h2-6,11,13,16H,7H2,1H3. The maximum atomic E-state index is 10.3. The van der Waals surface area contributed by atoms with Crippen LogP contribution >= 0.6 is 27.3 Å². The number of hydrogen-bond acceptors (Lipinski definition) is 4. The lowest BCUT2D eigenvalue weighted by molar-refractivity contribution is 0.0668. The van der Waals surface area contributed by atoms with Crippen molar-refractivity contribution in [2.75, 3.05) is 7.11 Å². The second-order valence-electron chi connectivity index (χ2n) is 4.39. The van der Waals surface area contributed by atoms with Gasteiger partial charge in [0.15, 0.2) is 0 Å². The molecular weight excluding hydrogens is 328 g/mol. The van der Waals surface area contributed by atoms with Gasteiger partial charge in [-0.05, 0) is 45.6 Å². The summed E-state index contributed by atoms with van der Waals surface area (Å²) in [4.78, 5) is 1.11. The molecule has 3 nitrogen and oxygen atoms in total. The van der Waals surface area contributed by atoms with Gasteiger partial charge in [0, 0.05) is 16.5 Å². The molecule has 100 valence electrons. The van der Waals surface area contributed by atoms with E-state index < -0.39 is 6.10 Å². The molecule has 5 heteroatoms. The first-order valence-electron chi connectivity index (χ1n) is 5.94. The van der Waals surface area contributed by atoms with Gasteiger partial charge in [-0.25, -0.2) is 0 Å². The Morgan fingerprint density at radius 1 is 1.42 bits per heavy atom. The van der Waals surface area contributed by atoms with Crippen LogP contribution in [0.4, 0.5) is 0 Å². The van der Waals surface area contributed by atoms with Gasteiger partial charge < -0.3 is 14.6 Å². The lowest BCUT2D eigenvalue weighted by Crippen LogP contribution is -2.18. The average Bonchev–Trinajstić information content (AvgIpc) is 2.84. The van der Waals surface area contributed by atoms with Crippen molar-refractivity contribution in [1.82, 2.24) is 0 Å². The number of hydrogen-bond donors (Lipinski definition) is 1. The molecule has 3 rings (SSSR count). The molecular formula is C14H13BrO3S. The van der Waals surface area contributed by atoms with E-state index in [4.69, 9.17) is 9.47 Å². The largest absolute Gasteiger partial charge is 0.497 e. The molecule has 0 amide bonds. The Morgan fingerprint density at radius 3 is 2.95 bits per heavy atom. The summed E-state index contributed by atoms with van der Waals surface area (Å²) in [6, 6.07) is 7.53. The molecule has 0 aliphatic carbocycles. The van der Waals surface area contributed by atoms with E-state index in [0.29, 0.717) is 6.42 Å². The minimum Gasteiger partial charge on any atom is -0.497 e. The second-order valence-corrected chi connectivity index (χ2v) is 6.20. The zero-order valence-electron chi connectivity index (χ0n) is 10.3. The molecule has 2 unspecified atom stereocenters. The molecule has 1 aromatic heterocycles. The molecule has 0 spiro atoms. The quantitative estimate of drug-likeness (QED) is 0.895. The summed E-state index contributed by atoms with van der Waals surface area (Å²) < 4.78 is 12.2. The Kier molecular flexibility index (Phi) is 3.52. The van der Waals surface area contributed by atoms with Crippen molar-refractivity contribution in [3.8, 4) is 11.5 Å². The fourth-order valence-electron chi connectivity index (χ4n) is 2.25. The van der Waals surface area contributed by atoms with E-state index in [1.165, 1.54) is 0 Å². The van der Waals surface area contributed by atoms with Gasteiger partial charge in [0.05, 0.1) is 18.1 Å². The molecule has 0 bridgehead atoms. The summed E-state index contributed by atoms with van der Waals surface area (Å²) in [6.45, 7) is 0. The number of rotatable bonds is 2. The highest BCUT2D eigenvalue weighted by atomic mass is 79.9. The number of thiophene rings is 1. The first kappa shape index (κ1) is 13.0. The number of aliphatic hydroxyl groups is 1. The van der Waals surface area contributed by atoms with Gasteiger partial charge in [-0.1, -0.05) is 0 Å². The molecule has 1 aliphatic heterocycles. The van der Waals surface area contributed by atoms with Gasteiger partial charge >= 0.3 is 0 Å². The number of fused-ring (bicyclic) bond motifs is 1. The first-order valence-corrected chi connectivity index (χ1v) is 7.62. The second kappa shape index (κ2) is 5.15. The fraction of sp³-hybridized carbons (Fsp3) is 0.286. The molecule has 2 aromatic rings. The van der Waals surface area contributed by atoms with Crippen LogP contribution in [-0.2, 0) is 0 Å². The third-order valence-corrected chi connectivity index (χ3v) is 5.18. The van der Waals surface area contributed by atoms with Gasteiger partial charge in [0.2, 0.25) is 0 Å². The smallest absolute Gasteiger partial charge is 0.137 e. The third-order valence-electron chi connectivity index (χ3n) is 3.22. The van der Waals surface area contributed by atoms with E-state index in [0.717, 1.165) is 26.4 Å². The monoisotopic (exact) mass is 340 g/mol. The van der Waals surface area contributed by atoms with E-state index in [9.17, 15) is 5.11 Å². The lowest BCUT2D eigenvalue weighted by atomic mass is 9.98. The van der Waals surface area contributed by atoms with E-state index in [1.807, 2.05) is 29.6 Å². The zero-order valence-corrected chi connectivity index (χ0v) is 12.7. The zero-order chi connectivity index (χ0) is 13.4. The van der Waals surface area contributed by atoms with E-state index in [2.05, 4.69) is 15.9 Å². The molecule has 19 heavy (non-hydrogen) atoms. The van der Waals surface area contributed by atoms with Gasteiger partial charge in [-0.15, -0.1) is 11.3 Å². The molecule has 1 aromatic carbocycles. The molecule has 2 atom stereocenters. The van der Waals surface area contributed by atoms with Crippen LogP contribution in [0.2, 0.25) is 0 Å². The minimum absolute atomic E-state index is 0.106. The average molecular weight is 341 g/mol. The topological polar surface area (TPSA) is 38.7 Å². The van der Waals surface area contributed by atoms with Crippen LogP contribution in [0.15, 0.2) is 34.1 Å². The van der Waals surface area contributed by atoms with E-state index in [-0.39, 0.29) is 6.10 Å². The summed E-state index contributed by atoms with van der Waals surface area (Å²) in [6.07, 6.45) is -0.0812. The van der Waals surface area contributed by atoms with Crippen molar-refractivity contribution in [1.29, 1.82) is 0 Å². The molecule has 1 N–H and O–H groups in total. The normalized spacial score (nSPS) is 21.6. The molecule has 0 saturated carbocycles. The summed E-state index contributed by atoms with van der Waals surface area (Å²) in [5.41, 5.74) is 0.795. The maximum Gasteiger partial charge on any atom is 0.137 e. The van der Waals surface area contributed by atoms with E-state index >= 15 is 0 Å². The number of benzene rings is 1. The highest BCUT2D eigenvalue weighted by Crippen LogP contribution is 2.44. The minimum atomic E-state index is -0.530. The summed E-state index contributed by atoms with van der Waals surface area (Å²) >= 11 is 5.15. The third kappa shape index (κ3) is 2.38. The van der Waals surface area contributed by atoms with Crippen LogP contribution < -0.4 is 9.47 Å². The van der Waals surface area contributed by atoms with Gasteiger partial charge in [0.25, 0.3) is 0 Å². The highest BCUT2D eigenvalue weighted by molar-refractivity contribution is 9.10. The van der Waals surface area contributed by atoms with Crippen molar-refractivity contribution in [2.24, 2.45) is 0 Å². The van der Waals surface area contributed by atoms with E-state index in [1.54, 1.807) is 18.4 Å². The Bertz CT molecular complexity index is 596. The molecule has 2 heterocycles. The van der Waals surface area contributed by atoms with Crippen LogP contribution in [-0.4, -0.2) is 12.2 Å². The number of halogens is 1. The van der Waals surface area contributed by atoms with Crippen molar-refractivity contribution in [3.05, 3.63) is 44.6 Å². The lowest BCUT2D eigenvalue weighted by Gasteiger charge is -2.29. The molecule has 0 fully saturated rings. The molecule has 1 aliphatic rings. The Hall–Kier alpha value is -1.04. The number of aliphatic hydroxyl groups excluding tert-OH is 1. The van der Waals surface area contributed by atoms with Crippen molar-refractivity contribution in [3.63, 3.8) is 0 Å². The Balaban J connectivity index is 1.94. The van der Waals surface area contributed by atoms with Crippen molar-refractivity contribution in [2.45, 2.75) is 18.6 Å². The predicted molar refractivity (Wildman–Crippen MR) is 78.0 cm³/mol. The Labute approximate surface area is 123 Å². The Morgan fingerprint density at radius 2 is 2.26 bits per heavy atom. The maximum absolute atomic E-state index is 10.3. The molecule has 0 radical (unpaired) electrons. The number of ether oxygens (including phenoxy) is 2. The summed E-state index contributed by atoms with van der Waals surface area (Å²) in [7, 11) is 1.61. The summed E-state index contributed by atoms with van der Waals surface area (Å²) in [5, 5.41) is 12.3. The first-order chi connectivity index (χ1) is 9.19. The van der Waals surface area contributed by atoms with Crippen LogP contribution in [0.5, 0.6) is 11.5 Å². The predicted octanol–water partition coefficient (Wildman–Crippen LogP) is 4.08. The van der Waals surface area contributed by atoms with Gasteiger partial charge in [-0.2, -0.15) is 0 Å².